The molecule has 1 saturated heterocycles. The summed E-state index contributed by atoms with van der Waals surface area (Å²) >= 11 is 0. The number of hydrogen-bond acceptors (Lipinski definition) is 6. The molecule has 0 aromatic heterocycles. The number of amides is 2. The molecule has 0 aromatic carbocycles. The van der Waals surface area contributed by atoms with Gasteiger partial charge in [-0.15, -0.1) is 0 Å². The van der Waals surface area contributed by atoms with Crippen LogP contribution >= 0.6 is 0 Å². The molecule has 2 rings (SSSR count). The fourth-order valence-corrected chi connectivity index (χ4v) is 3.64. The second-order valence-corrected chi connectivity index (χ2v) is 7.24. The number of nitrogens with one attached hydrogen (secondary N) is 5. The molecule has 5 atom stereocenters. The molecule has 1 saturated carbocycles. The van der Waals surface area contributed by atoms with Gasteiger partial charge in [0.15, 0.2) is 0 Å². The highest BCUT2D eigenvalue weighted by Crippen LogP contribution is 2.20. The zero-order valence-corrected chi connectivity index (χ0v) is 15.6. The zero-order valence-electron chi connectivity index (χ0n) is 15.6. The van der Waals surface area contributed by atoms with Crippen molar-refractivity contribution in [2.24, 2.45) is 5.73 Å². The fourth-order valence-electron chi connectivity index (χ4n) is 3.64. The third-order valence-electron chi connectivity index (χ3n) is 5.00. The second-order valence-electron chi connectivity index (χ2n) is 7.24. The van der Waals surface area contributed by atoms with Crippen LogP contribution in [0.1, 0.15) is 51.9 Å². The summed E-state index contributed by atoms with van der Waals surface area (Å²) in [7, 11) is 1.74. The van der Waals surface area contributed by atoms with Gasteiger partial charge in [-0.3, -0.25) is 10.6 Å². The first-order chi connectivity index (χ1) is 12.1. The van der Waals surface area contributed by atoms with Gasteiger partial charge >= 0.3 is 6.03 Å². The maximum Gasteiger partial charge on any atom is 0.317 e. The van der Waals surface area contributed by atoms with Crippen molar-refractivity contribution in [3.8, 4) is 0 Å². The highest BCUT2D eigenvalue weighted by Gasteiger charge is 2.27. The van der Waals surface area contributed by atoms with Crippen molar-refractivity contribution in [1.29, 1.82) is 0 Å². The molecule has 7 N–H and O–H groups in total. The van der Waals surface area contributed by atoms with E-state index in [4.69, 9.17) is 10.5 Å². The first-order valence-electron chi connectivity index (χ1n) is 9.66. The monoisotopic (exact) mass is 356 g/mol. The van der Waals surface area contributed by atoms with Crippen molar-refractivity contribution in [2.75, 3.05) is 20.2 Å². The van der Waals surface area contributed by atoms with Crippen LogP contribution in [0.25, 0.3) is 0 Å². The molecule has 2 amide bonds. The van der Waals surface area contributed by atoms with E-state index in [1.807, 2.05) is 0 Å². The van der Waals surface area contributed by atoms with Crippen LogP contribution in [0, 0.1) is 0 Å². The lowest BCUT2D eigenvalue weighted by Gasteiger charge is -2.37. The van der Waals surface area contributed by atoms with Gasteiger partial charge in [-0.25, -0.2) is 4.79 Å². The molecule has 25 heavy (non-hydrogen) atoms. The summed E-state index contributed by atoms with van der Waals surface area (Å²) in [6.07, 6.45) is 7.35. The van der Waals surface area contributed by atoms with Gasteiger partial charge < -0.3 is 26.4 Å². The number of nitrogens with two attached hydrogens (primary N) is 1. The Kier molecular flexibility index (Phi) is 8.91. The molecule has 0 aromatic rings. The van der Waals surface area contributed by atoms with Crippen LogP contribution in [0.2, 0.25) is 0 Å². The van der Waals surface area contributed by atoms with Crippen molar-refractivity contribution in [1.82, 2.24) is 26.6 Å². The number of carbonyl (C=O) groups is 1. The molecule has 2 fully saturated rings. The number of unbranched alkanes of at least 4 members (excludes halogenated alkanes) is 1. The van der Waals surface area contributed by atoms with Crippen LogP contribution in [0.15, 0.2) is 0 Å². The largest absolute Gasteiger partial charge is 0.381 e. The number of rotatable bonds is 8. The third kappa shape index (κ3) is 7.45. The molecule has 1 heterocycles. The van der Waals surface area contributed by atoms with Gasteiger partial charge in [0, 0.05) is 19.2 Å². The number of methoxy groups -OCH3 is 1. The first kappa shape index (κ1) is 20.4. The Balaban J connectivity index is 1.71. The maximum absolute atomic E-state index is 12.3. The SMILES string of the molecule is COC1CCCC(NC(=O)NC2NC(C)CC(NCCCCN)N2)C1. The van der Waals surface area contributed by atoms with E-state index in [2.05, 4.69) is 33.5 Å². The molecular formula is C17H36N6O2. The van der Waals surface area contributed by atoms with E-state index >= 15 is 0 Å². The minimum absolute atomic E-state index is 0.136. The topological polar surface area (TPSA) is 112 Å². The van der Waals surface area contributed by atoms with Crippen LogP contribution in [-0.4, -0.2) is 56.9 Å². The lowest BCUT2D eigenvalue weighted by molar-refractivity contribution is 0.0601. The molecular weight excluding hydrogens is 320 g/mol. The van der Waals surface area contributed by atoms with E-state index in [-0.39, 0.29) is 30.6 Å². The number of urea groups is 1. The predicted octanol–water partition coefficient (Wildman–Crippen LogP) is 0.153. The van der Waals surface area contributed by atoms with E-state index < -0.39 is 0 Å². The van der Waals surface area contributed by atoms with E-state index in [1.165, 1.54) is 0 Å². The lowest BCUT2D eigenvalue weighted by atomic mass is 9.93. The zero-order chi connectivity index (χ0) is 18.1. The van der Waals surface area contributed by atoms with E-state index in [0.29, 0.717) is 6.04 Å². The first-order valence-corrected chi connectivity index (χ1v) is 9.66. The minimum atomic E-state index is -0.238. The lowest BCUT2D eigenvalue weighted by Crippen LogP contribution is -2.68. The average Bonchev–Trinajstić information content (AvgIpc) is 2.58. The van der Waals surface area contributed by atoms with Crippen molar-refractivity contribution in [3.63, 3.8) is 0 Å². The molecule has 5 unspecified atom stereocenters. The van der Waals surface area contributed by atoms with Crippen LogP contribution < -0.4 is 32.3 Å². The van der Waals surface area contributed by atoms with Gasteiger partial charge in [-0.05, 0) is 65.0 Å². The quantitative estimate of drug-likeness (QED) is 0.345. The summed E-state index contributed by atoms with van der Waals surface area (Å²) < 4.78 is 5.42. The van der Waals surface area contributed by atoms with Crippen LogP contribution in [0.3, 0.4) is 0 Å². The Morgan fingerprint density at radius 1 is 1.20 bits per heavy atom. The van der Waals surface area contributed by atoms with Crippen LogP contribution in [0.5, 0.6) is 0 Å². The van der Waals surface area contributed by atoms with Crippen LogP contribution in [-0.2, 0) is 4.74 Å². The summed E-state index contributed by atoms with van der Waals surface area (Å²) in [5, 5.41) is 16.3. The van der Waals surface area contributed by atoms with E-state index in [0.717, 1.165) is 58.0 Å². The summed E-state index contributed by atoms with van der Waals surface area (Å²) in [5.74, 6) is 0. The number of ether oxygens (including phenoxy) is 1. The summed E-state index contributed by atoms with van der Waals surface area (Å²) in [4.78, 5) is 12.3. The standard InChI is InChI=1S/C17H36N6O2/c1-12-10-15(19-9-4-3-8-18)22-16(20-12)23-17(24)21-13-6-5-7-14(11-13)25-2/h12-16,19-20,22H,3-11,18H2,1-2H3,(H2,21,23,24). The fraction of sp³-hybridized carbons (Fsp3) is 0.941. The van der Waals surface area contributed by atoms with E-state index in [1.54, 1.807) is 7.11 Å². The Morgan fingerprint density at radius 2 is 2.04 bits per heavy atom. The van der Waals surface area contributed by atoms with Crippen molar-refractivity contribution >= 4 is 6.03 Å². The van der Waals surface area contributed by atoms with Gasteiger partial charge in [0.25, 0.3) is 0 Å². The highest BCUT2D eigenvalue weighted by molar-refractivity contribution is 5.74. The smallest absolute Gasteiger partial charge is 0.317 e. The molecule has 146 valence electrons. The van der Waals surface area contributed by atoms with Gasteiger partial charge in [0.2, 0.25) is 0 Å². The van der Waals surface area contributed by atoms with E-state index in [9.17, 15) is 4.79 Å². The molecule has 8 nitrogen and oxygen atoms in total. The summed E-state index contributed by atoms with van der Waals surface area (Å²) in [5.41, 5.74) is 5.53. The van der Waals surface area contributed by atoms with Gasteiger partial charge in [-0.1, -0.05) is 0 Å². The third-order valence-corrected chi connectivity index (χ3v) is 5.00. The molecule has 1 aliphatic heterocycles. The second kappa shape index (κ2) is 10.9. The molecule has 0 radical (unpaired) electrons. The van der Waals surface area contributed by atoms with Crippen molar-refractivity contribution in [2.45, 2.75) is 82.5 Å². The van der Waals surface area contributed by atoms with Crippen molar-refractivity contribution < 1.29 is 9.53 Å². The molecule has 1 aliphatic carbocycles. The van der Waals surface area contributed by atoms with Gasteiger partial charge in [0.1, 0.15) is 6.29 Å². The summed E-state index contributed by atoms with van der Waals surface area (Å²) in [6, 6.07) is 0.374. The molecule has 0 spiro atoms. The Morgan fingerprint density at radius 3 is 2.80 bits per heavy atom. The molecule has 2 aliphatic rings. The number of hydrogen-bond donors (Lipinski definition) is 6. The Hall–Kier alpha value is -0.930. The Bertz CT molecular complexity index is 397. The molecule has 8 heteroatoms. The molecule has 0 bridgehead atoms. The highest BCUT2D eigenvalue weighted by atomic mass is 16.5. The van der Waals surface area contributed by atoms with Gasteiger partial charge in [0.05, 0.1) is 12.3 Å². The normalized spacial score (nSPS) is 33.0. The minimum Gasteiger partial charge on any atom is -0.381 e. The maximum atomic E-state index is 12.3. The predicted molar refractivity (Wildman–Crippen MR) is 98.9 cm³/mol. The van der Waals surface area contributed by atoms with Crippen molar-refractivity contribution in [3.05, 3.63) is 0 Å². The number of carbonyl (C=O) groups excluding carboxylic acids is 1. The summed E-state index contributed by atoms with van der Waals surface area (Å²) in [6.45, 7) is 3.79. The Labute approximate surface area is 151 Å². The van der Waals surface area contributed by atoms with Gasteiger partial charge in [-0.2, -0.15) is 0 Å². The average molecular weight is 357 g/mol. The van der Waals surface area contributed by atoms with Crippen LogP contribution in [0.4, 0.5) is 4.79 Å².